The molecule has 0 bridgehead atoms. The molecule has 6 aromatic carbocycles. The number of nitrogens with zero attached hydrogens (tertiary/aromatic N) is 6. The number of phenolic OH excluding ortho intramolecular Hbond substituents is 2. The lowest BCUT2D eigenvalue weighted by atomic mass is 10.1. The molecule has 0 spiro atoms. The Morgan fingerprint density at radius 1 is 0.382 bits per heavy atom. The van der Waals surface area contributed by atoms with Gasteiger partial charge in [-0.25, -0.2) is 29.9 Å². The first-order chi connectivity index (χ1) is 32.8. The van der Waals surface area contributed by atoms with Crippen LogP contribution in [-0.4, -0.2) is 78.5 Å². The van der Waals surface area contributed by atoms with E-state index in [1.807, 2.05) is 125 Å². The van der Waals surface area contributed by atoms with E-state index < -0.39 is 0 Å². The van der Waals surface area contributed by atoms with E-state index in [0.29, 0.717) is 57.6 Å². The summed E-state index contributed by atoms with van der Waals surface area (Å²) in [4.78, 5) is 49.7. The highest BCUT2D eigenvalue weighted by Gasteiger charge is 2.18. The van der Waals surface area contributed by atoms with Crippen molar-refractivity contribution < 1.29 is 38.7 Å². The Balaban J connectivity index is 0.000000201. The van der Waals surface area contributed by atoms with E-state index in [1.54, 1.807) is 24.3 Å². The van der Waals surface area contributed by atoms with Gasteiger partial charge < -0.3 is 29.2 Å². The van der Waals surface area contributed by atoms with E-state index in [2.05, 4.69) is 19.9 Å². The van der Waals surface area contributed by atoms with E-state index >= 15 is 0 Å². The molecule has 0 radical (unpaired) electrons. The van der Waals surface area contributed by atoms with Crippen molar-refractivity contribution >= 4 is 11.9 Å². The van der Waals surface area contributed by atoms with Gasteiger partial charge in [0.2, 0.25) is 0 Å². The lowest BCUT2D eigenvalue weighted by Gasteiger charge is -2.11. The lowest BCUT2D eigenvalue weighted by molar-refractivity contribution is -0.142. The standard InChI is InChI=1S/2C27H25N3O4/c2*1-17-4-8-20(9-5-17)25-28-26(21-10-6-18(2)7-11-21)30-27(29-25)23-13-12-22(16-24(23)32)34-15-14-33-19(3)31/h2*4-13,16,32H,14-15H2,1-3H3. The molecule has 14 heteroatoms. The van der Waals surface area contributed by atoms with Gasteiger partial charge in [-0.3, -0.25) is 9.59 Å². The molecule has 8 aromatic rings. The predicted octanol–water partition coefficient (Wildman–Crippen LogP) is 10.3. The Labute approximate surface area is 394 Å². The van der Waals surface area contributed by atoms with Crippen LogP contribution < -0.4 is 9.47 Å². The van der Waals surface area contributed by atoms with Crippen LogP contribution in [-0.2, 0) is 19.1 Å². The summed E-state index contributed by atoms with van der Waals surface area (Å²) in [5.74, 6) is 2.86. The highest BCUT2D eigenvalue weighted by molar-refractivity contribution is 5.72. The molecule has 0 unspecified atom stereocenters. The summed E-state index contributed by atoms with van der Waals surface area (Å²) in [5.41, 5.74) is 8.88. The van der Waals surface area contributed by atoms with Gasteiger partial charge in [-0.1, -0.05) is 119 Å². The van der Waals surface area contributed by atoms with Gasteiger partial charge in [0.25, 0.3) is 0 Å². The normalized spacial score (nSPS) is 10.7. The minimum atomic E-state index is -0.370. The maximum Gasteiger partial charge on any atom is 0.302 e. The van der Waals surface area contributed by atoms with Crippen LogP contribution in [0.25, 0.3) is 68.3 Å². The lowest BCUT2D eigenvalue weighted by Crippen LogP contribution is -2.09. The van der Waals surface area contributed by atoms with E-state index in [0.717, 1.165) is 44.5 Å². The van der Waals surface area contributed by atoms with Crippen molar-refractivity contribution in [1.29, 1.82) is 0 Å². The van der Waals surface area contributed by atoms with Gasteiger partial charge in [0.1, 0.15) is 49.4 Å². The Hall–Kier alpha value is -8.52. The number of phenols is 2. The molecular formula is C54H50N6O8. The molecular weight excluding hydrogens is 861 g/mol. The summed E-state index contributed by atoms with van der Waals surface area (Å²) in [6.45, 7) is 11.4. The van der Waals surface area contributed by atoms with Gasteiger partial charge in [-0.2, -0.15) is 0 Å². The molecule has 0 saturated heterocycles. The van der Waals surface area contributed by atoms with E-state index in [-0.39, 0.29) is 49.9 Å². The number of aromatic nitrogens is 6. The van der Waals surface area contributed by atoms with Crippen molar-refractivity contribution in [2.75, 3.05) is 26.4 Å². The van der Waals surface area contributed by atoms with Gasteiger partial charge in [-0.05, 0) is 52.0 Å². The molecule has 2 aromatic heterocycles. The summed E-state index contributed by atoms with van der Waals surface area (Å²) in [6.07, 6.45) is 0. The largest absolute Gasteiger partial charge is 0.507 e. The monoisotopic (exact) mass is 910 g/mol. The topological polar surface area (TPSA) is 189 Å². The molecule has 2 heterocycles. The van der Waals surface area contributed by atoms with Crippen LogP contribution in [0, 0.1) is 27.7 Å². The van der Waals surface area contributed by atoms with E-state index in [1.165, 1.54) is 26.0 Å². The molecule has 0 fully saturated rings. The zero-order chi connectivity index (χ0) is 48.2. The number of hydrogen-bond acceptors (Lipinski definition) is 14. The highest BCUT2D eigenvalue weighted by Crippen LogP contribution is 2.35. The molecule has 344 valence electrons. The number of rotatable bonds is 14. The van der Waals surface area contributed by atoms with Crippen LogP contribution in [0.15, 0.2) is 133 Å². The van der Waals surface area contributed by atoms with Crippen molar-refractivity contribution in [2.45, 2.75) is 41.5 Å². The van der Waals surface area contributed by atoms with E-state index in [9.17, 15) is 19.8 Å². The molecule has 0 aliphatic carbocycles. The van der Waals surface area contributed by atoms with Crippen LogP contribution in [0.3, 0.4) is 0 Å². The highest BCUT2D eigenvalue weighted by atomic mass is 16.6. The van der Waals surface area contributed by atoms with Crippen molar-refractivity contribution in [1.82, 2.24) is 29.9 Å². The zero-order valence-corrected chi connectivity index (χ0v) is 38.6. The molecule has 0 atom stereocenters. The van der Waals surface area contributed by atoms with Crippen LogP contribution in [0.1, 0.15) is 36.1 Å². The first-order valence-corrected chi connectivity index (χ1v) is 21.8. The number of carbonyl (C=O) groups is 2. The number of carbonyl (C=O) groups excluding carboxylic acids is 2. The van der Waals surface area contributed by atoms with E-state index in [4.69, 9.17) is 28.9 Å². The zero-order valence-electron chi connectivity index (χ0n) is 38.6. The third-order valence-electron chi connectivity index (χ3n) is 10.2. The number of esters is 2. The predicted molar refractivity (Wildman–Crippen MR) is 259 cm³/mol. The van der Waals surface area contributed by atoms with Gasteiger partial charge >= 0.3 is 11.9 Å². The van der Waals surface area contributed by atoms with Gasteiger partial charge in [0, 0.05) is 48.2 Å². The SMILES string of the molecule is CC(=O)OCCOc1ccc(-c2nc(-c3ccc(C)cc3)nc(-c3ccc(C)cc3)n2)c(O)c1.CC(=O)OCCOc1ccc(-c2nc(-c3ccc(C)cc3)nc(-c3ccc(C)cc3)n2)c(O)c1. The molecule has 68 heavy (non-hydrogen) atoms. The second kappa shape index (κ2) is 22.1. The van der Waals surface area contributed by atoms with Crippen LogP contribution >= 0.6 is 0 Å². The minimum Gasteiger partial charge on any atom is -0.507 e. The Bertz CT molecular complexity index is 2680. The molecule has 2 N–H and O–H groups in total. The summed E-state index contributed by atoms with van der Waals surface area (Å²) in [7, 11) is 0. The van der Waals surface area contributed by atoms with Crippen LogP contribution in [0.5, 0.6) is 23.0 Å². The third-order valence-corrected chi connectivity index (χ3v) is 10.2. The van der Waals surface area contributed by atoms with Gasteiger partial charge in [0.05, 0.1) is 11.1 Å². The van der Waals surface area contributed by atoms with Crippen molar-refractivity contribution in [3.05, 3.63) is 156 Å². The fraction of sp³-hybridized carbons (Fsp3) is 0.185. The average Bonchev–Trinajstić information content (AvgIpc) is 3.32. The Morgan fingerprint density at radius 3 is 0.897 bits per heavy atom. The Morgan fingerprint density at radius 2 is 0.647 bits per heavy atom. The maximum atomic E-state index is 10.9. The van der Waals surface area contributed by atoms with Gasteiger partial charge in [-0.15, -0.1) is 0 Å². The number of aryl methyl sites for hydroxylation is 4. The summed E-state index contributed by atoms with van der Waals surface area (Å²) >= 11 is 0. The number of aromatic hydroxyl groups is 2. The second-order valence-electron chi connectivity index (χ2n) is 15.8. The maximum absolute atomic E-state index is 10.9. The molecule has 0 aliphatic heterocycles. The van der Waals surface area contributed by atoms with Crippen molar-refractivity contribution in [2.24, 2.45) is 0 Å². The van der Waals surface area contributed by atoms with Gasteiger partial charge in [0.15, 0.2) is 34.9 Å². The summed E-state index contributed by atoms with van der Waals surface area (Å²) in [6, 6.07) is 41.6. The molecule has 8 rings (SSSR count). The van der Waals surface area contributed by atoms with Crippen LogP contribution in [0.2, 0.25) is 0 Å². The molecule has 0 amide bonds. The first kappa shape index (κ1) is 47.4. The molecule has 0 aliphatic rings. The number of hydrogen-bond donors (Lipinski definition) is 2. The summed E-state index contributed by atoms with van der Waals surface area (Å²) < 4.78 is 20.8. The fourth-order valence-electron chi connectivity index (χ4n) is 6.59. The van der Waals surface area contributed by atoms with Crippen molar-refractivity contribution in [3.63, 3.8) is 0 Å². The van der Waals surface area contributed by atoms with Crippen molar-refractivity contribution in [3.8, 4) is 91.3 Å². The Kier molecular flexibility index (Phi) is 15.4. The number of ether oxygens (including phenoxy) is 4. The first-order valence-electron chi connectivity index (χ1n) is 21.8. The minimum absolute atomic E-state index is 0.0269. The third kappa shape index (κ3) is 12.8. The fourth-order valence-corrected chi connectivity index (χ4v) is 6.59. The smallest absolute Gasteiger partial charge is 0.302 e. The molecule has 0 saturated carbocycles. The second-order valence-corrected chi connectivity index (χ2v) is 15.8. The summed E-state index contributed by atoms with van der Waals surface area (Å²) in [5, 5.41) is 21.4. The number of benzene rings is 6. The quantitative estimate of drug-likeness (QED) is 0.0774. The molecule has 14 nitrogen and oxygen atoms in total. The average molecular weight is 911 g/mol. The van der Waals surface area contributed by atoms with Crippen LogP contribution in [0.4, 0.5) is 0 Å².